The van der Waals surface area contributed by atoms with E-state index in [1.807, 2.05) is 45.8 Å². The highest BCUT2D eigenvalue weighted by Gasteiger charge is 2.16. The van der Waals surface area contributed by atoms with E-state index < -0.39 is 5.60 Å². The molecule has 0 fully saturated rings. The van der Waals surface area contributed by atoms with Crippen LogP contribution in [0.25, 0.3) is 0 Å². The summed E-state index contributed by atoms with van der Waals surface area (Å²) in [7, 11) is 3.78. The number of hydrazone groups is 1. The topological polar surface area (TPSA) is 79.7 Å². The Morgan fingerprint density at radius 1 is 1.32 bits per heavy atom. The molecule has 1 aromatic heterocycles. The molecule has 0 aromatic carbocycles. The number of carbonyl (C=O) groups is 1. The van der Waals surface area contributed by atoms with Gasteiger partial charge in [0.25, 0.3) is 0 Å². The van der Waals surface area contributed by atoms with Crippen LogP contribution in [0, 0.1) is 0 Å². The summed E-state index contributed by atoms with van der Waals surface area (Å²) in [5, 5.41) is 12.1. The number of ether oxygens (including phenoxy) is 1. The molecule has 1 rings (SSSR count). The van der Waals surface area contributed by atoms with Crippen molar-refractivity contribution in [2.45, 2.75) is 39.7 Å². The van der Waals surface area contributed by atoms with Gasteiger partial charge in [0.1, 0.15) is 5.60 Å². The van der Waals surface area contributed by atoms with Crippen molar-refractivity contribution in [2.75, 3.05) is 24.4 Å². The van der Waals surface area contributed by atoms with Gasteiger partial charge >= 0.3 is 5.97 Å². The van der Waals surface area contributed by atoms with Crippen molar-refractivity contribution in [3.63, 3.8) is 0 Å². The number of rotatable bonds is 5. The zero-order valence-electron chi connectivity index (χ0n) is 13.9. The number of carbonyl (C=O) groups excluding carboxylic acids is 1. The fourth-order valence-electron chi connectivity index (χ4n) is 1.40. The van der Waals surface area contributed by atoms with Gasteiger partial charge in [-0.3, -0.25) is 10.2 Å². The van der Waals surface area contributed by atoms with E-state index in [-0.39, 0.29) is 24.8 Å². The summed E-state index contributed by atoms with van der Waals surface area (Å²) in [6.45, 7) is 7.24. The molecule has 0 amide bonds. The molecular weight excluding hydrogens is 306 g/mol. The molecule has 0 bridgehead atoms. The lowest BCUT2D eigenvalue weighted by atomic mass is 10.2. The number of esters is 1. The number of nitrogens with zero attached hydrogens (tertiary/aromatic N) is 4. The van der Waals surface area contributed by atoms with Gasteiger partial charge in [-0.2, -0.15) is 5.10 Å². The molecule has 124 valence electrons. The molecule has 8 heteroatoms. The number of aromatic nitrogens is 2. The van der Waals surface area contributed by atoms with Gasteiger partial charge in [-0.15, -0.1) is 22.6 Å². The highest BCUT2D eigenvalue weighted by Crippen LogP contribution is 2.10. The first-order valence-electron chi connectivity index (χ1n) is 6.69. The second-order valence-electron chi connectivity index (χ2n) is 5.89. The summed E-state index contributed by atoms with van der Waals surface area (Å²) in [5.41, 5.74) is 2.89. The first-order valence-corrected chi connectivity index (χ1v) is 6.69. The molecule has 7 nitrogen and oxygen atoms in total. The van der Waals surface area contributed by atoms with Crippen molar-refractivity contribution < 1.29 is 9.53 Å². The van der Waals surface area contributed by atoms with Crippen LogP contribution in [-0.4, -0.2) is 41.6 Å². The number of nitrogens with one attached hydrogen (secondary N) is 1. The highest BCUT2D eigenvalue weighted by molar-refractivity contribution is 5.97. The lowest BCUT2D eigenvalue weighted by Gasteiger charge is -2.19. The third kappa shape index (κ3) is 7.78. The first kappa shape index (κ1) is 20.1. The summed E-state index contributed by atoms with van der Waals surface area (Å²) in [4.78, 5) is 13.5. The number of halogens is 1. The van der Waals surface area contributed by atoms with E-state index in [1.54, 1.807) is 13.0 Å². The van der Waals surface area contributed by atoms with Crippen molar-refractivity contribution in [1.82, 2.24) is 10.2 Å². The minimum absolute atomic E-state index is 0. The normalized spacial score (nSPS) is 11.5. The van der Waals surface area contributed by atoms with Crippen LogP contribution in [-0.2, 0) is 9.53 Å². The van der Waals surface area contributed by atoms with Crippen molar-refractivity contribution in [1.29, 1.82) is 0 Å². The number of anilines is 2. The third-order valence-corrected chi connectivity index (χ3v) is 2.29. The minimum atomic E-state index is -0.488. The Hall–Kier alpha value is -1.89. The predicted octanol–water partition coefficient (Wildman–Crippen LogP) is 2.48. The molecule has 0 radical (unpaired) electrons. The fraction of sp³-hybridized carbons (Fsp3) is 0.571. The lowest BCUT2D eigenvalue weighted by molar-refractivity contribution is -0.153. The van der Waals surface area contributed by atoms with Crippen LogP contribution in [0.3, 0.4) is 0 Å². The highest BCUT2D eigenvalue weighted by atomic mass is 35.5. The Bertz CT molecular complexity index is 509. The average Bonchev–Trinajstić information content (AvgIpc) is 2.34. The molecule has 0 atom stereocenters. The van der Waals surface area contributed by atoms with Gasteiger partial charge in [0, 0.05) is 19.8 Å². The molecule has 1 aromatic rings. The Balaban J connectivity index is 0.00000441. The molecule has 1 heterocycles. The summed E-state index contributed by atoms with van der Waals surface area (Å²) >= 11 is 0. The van der Waals surface area contributed by atoms with Crippen molar-refractivity contribution in [3.8, 4) is 0 Å². The Kier molecular flexibility index (Phi) is 7.80. The maximum absolute atomic E-state index is 11.6. The van der Waals surface area contributed by atoms with Crippen molar-refractivity contribution in [2.24, 2.45) is 5.10 Å². The van der Waals surface area contributed by atoms with E-state index in [2.05, 4.69) is 20.7 Å². The second-order valence-corrected chi connectivity index (χ2v) is 5.89. The predicted molar refractivity (Wildman–Crippen MR) is 90.8 cm³/mol. The molecule has 0 saturated heterocycles. The van der Waals surface area contributed by atoms with Gasteiger partial charge in [-0.05, 0) is 39.8 Å². The smallest absolute Gasteiger partial charge is 0.312 e. The fourth-order valence-corrected chi connectivity index (χ4v) is 1.40. The Labute approximate surface area is 137 Å². The quantitative estimate of drug-likeness (QED) is 0.508. The molecule has 22 heavy (non-hydrogen) atoms. The average molecular weight is 330 g/mol. The van der Waals surface area contributed by atoms with Gasteiger partial charge in [-0.25, -0.2) is 0 Å². The molecule has 0 aliphatic carbocycles. The SMILES string of the molecule is CC(CC(=O)OC(C)(C)C)=NNc1ccc(N(C)C)nn1.Cl. The van der Waals surface area contributed by atoms with E-state index in [1.165, 1.54) is 0 Å². The standard InChI is InChI=1S/C14H23N5O2.ClH/c1-10(9-13(20)21-14(2,3)4)15-16-11-7-8-12(18-17-11)19(5)6;/h7-8H,9H2,1-6H3,(H,16,17);1H. The molecule has 0 spiro atoms. The Morgan fingerprint density at radius 2 is 1.95 bits per heavy atom. The van der Waals surface area contributed by atoms with Gasteiger partial charge in [0.05, 0.1) is 6.42 Å². The molecule has 1 N–H and O–H groups in total. The summed E-state index contributed by atoms with van der Waals surface area (Å²) in [6.07, 6.45) is 0.132. The second kappa shape index (κ2) is 8.53. The van der Waals surface area contributed by atoms with Crippen LogP contribution in [0.4, 0.5) is 11.6 Å². The van der Waals surface area contributed by atoms with Crippen molar-refractivity contribution >= 4 is 35.7 Å². The number of hydrogen-bond donors (Lipinski definition) is 1. The lowest BCUT2D eigenvalue weighted by Crippen LogP contribution is -2.25. The van der Waals surface area contributed by atoms with Crippen LogP contribution in [0.2, 0.25) is 0 Å². The largest absolute Gasteiger partial charge is 0.460 e. The zero-order valence-corrected chi connectivity index (χ0v) is 14.7. The molecule has 0 aliphatic heterocycles. The van der Waals surface area contributed by atoms with E-state index in [0.717, 1.165) is 5.82 Å². The summed E-state index contributed by atoms with van der Waals surface area (Å²) < 4.78 is 5.22. The van der Waals surface area contributed by atoms with Gasteiger partial charge in [0.15, 0.2) is 11.6 Å². The first-order chi connectivity index (χ1) is 9.67. The van der Waals surface area contributed by atoms with Crippen molar-refractivity contribution in [3.05, 3.63) is 12.1 Å². The third-order valence-electron chi connectivity index (χ3n) is 2.29. The van der Waals surface area contributed by atoms with Gasteiger partial charge < -0.3 is 9.64 Å². The van der Waals surface area contributed by atoms with Gasteiger partial charge in [0.2, 0.25) is 0 Å². The van der Waals surface area contributed by atoms with Crippen LogP contribution in [0.1, 0.15) is 34.1 Å². The van der Waals surface area contributed by atoms with E-state index in [4.69, 9.17) is 4.74 Å². The zero-order chi connectivity index (χ0) is 16.0. The minimum Gasteiger partial charge on any atom is -0.460 e. The maximum atomic E-state index is 11.6. The number of hydrogen-bond acceptors (Lipinski definition) is 7. The van der Waals surface area contributed by atoms with Crippen LogP contribution in [0.15, 0.2) is 17.2 Å². The van der Waals surface area contributed by atoms with Crippen LogP contribution in [0.5, 0.6) is 0 Å². The molecule has 0 saturated carbocycles. The van der Waals surface area contributed by atoms with E-state index in [0.29, 0.717) is 11.5 Å². The van der Waals surface area contributed by atoms with Crippen LogP contribution >= 0.6 is 12.4 Å². The Morgan fingerprint density at radius 3 is 2.41 bits per heavy atom. The van der Waals surface area contributed by atoms with Gasteiger partial charge in [-0.1, -0.05) is 0 Å². The monoisotopic (exact) mass is 329 g/mol. The summed E-state index contributed by atoms with van der Waals surface area (Å²) in [5.74, 6) is 0.971. The molecule has 0 aliphatic rings. The molecule has 0 unspecified atom stereocenters. The van der Waals surface area contributed by atoms with E-state index in [9.17, 15) is 4.79 Å². The summed E-state index contributed by atoms with van der Waals surface area (Å²) in [6, 6.07) is 3.60. The van der Waals surface area contributed by atoms with E-state index >= 15 is 0 Å². The molecular formula is C14H24ClN5O2. The maximum Gasteiger partial charge on any atom is 0.312 e. The van der Waals surface area contributed by atoms with Crippen LogP contribution < -0.4 is 10.3 Å².